The van der Waals surface area contributed by atoms with Crippen LogP contribution in [0.2, 0.25) is 0 Å². The zero-order valence-corrected chi connectivity index (χ0v) is 11.9. The molecular formula is C13H11N3O5S. The molecule has 2 aromatic carbocycles. The lowest BCUT2D eigenvalue weighted by Gasteiger charge is -2.10. The molecule has 0 saturated carbocycles. The van der Waals surface area contributed by atoms with Crippen molar-refractivity contribution in [1.82, 2.24) is 0 Å². The quantitative estimate of drug-likeness (QED) is 0.636. The molecule has 9 heteroatoms. The van der Waals surface area contributed by atoms with E-state index in [1.807, 2.05) is 0 Å². The van der Waals surface area contributed by atoms with E-state index in [0.29, 0.717) is 0 Å². The number of nitro benzene ring substituents is 1. The Hall–Kier alpha value is -2.94. The van der Waals surface area contributed by atoms with E-state index >= 15 is 0 Å². The highest BCUT2D eigenvalue weighted by atomic mass is 32.2. The van der Waals surface area contributed by atoms with E-state index in [2.05, 4.69) is 4.72 Å². The van der Waals surface area contributed by atoms with Gasteiger partial charge in [-0.3, -0.25) is 19.6 Å². The van der Waals surface area contributed by atoms with Crippen molar-refractivity contribution in [1.29, 1.82) is 0 Å². The van der Waals surface area contributed by atoms with Crippen LogP contribution in [0.25, 0.3) is 0 Å². The average molecular weight is 321 g/mol. The van der Waals surface area contributed by atoms with E-state index in [1.54, 1.807) is 0 Å². The number of anilines is 1. The highest BCUT2D eigenvalue weighted by molar-refractivity contribution is 7.92. The van der Waals surface area contributed by atoms with Gasteiger partial charge in [0.15, 0.2) is 0 Å². The van der Waals surface area contributed by atoms with E-state index in [0.717, 1.165) is 6.07 Å². The van der Waals surface area contributed by atoms with Gasteiger partial charge in [-0.05, 0) is 18.2 Å². The summed E-state index contributed by atoms with van der Waals surface area (Å²) in [7, 11) is -4.09. The van der Waals surface area contributed by atoms with Crippen LogP contribution in [-0.2, 0) is 10.0 Å². The maximum Gasteiger partial charge on any atom is 0.270 e. The van der Waals surface area contributed by atoms with Gasteiger partial charge < -0.3 is 5.73 Å². The molecule has 0 aliphatic heterocycles. The second-order valence-electron chi connectivity index (χ2n) is 4.27. The standard InChI is InChI=1S/C13H11N3O5S/c14-13(17)11-6-1-2-7-12(11)15-22(20,21)10-5-3-4-9(8-10)16(18)19/h1-8,15H,(H2,14,17). The van der Waals surface area contributed by atoms with Gasteiger partial charge in [0, 0.05) is 12.1 Å². The highest BCUT2D eigenvalue weighted by Gasteiger charge is 2.19. The summed E-state index contributed by atoms with van der Waals surface area (Å²) < 4.78 is 26.7. The lowest BCUT2D eigenvalue weighted by atomic mass is 10.2. The smallest absolute Gasteiger partial charge is 0.270 e. The predicted molar refractivity (Wildman–Crippen MR) is 78.9 cm³/mol. The molecule has 0 fully saturated rings. The molecule has 0 heterocycles. The van der Waals surface area contributed by atoms with Gasteiger partial charge in [-0.1, -0.05) is 18.2 Å². The van der Waals surface area contributed by atoms with Crippen molar-refractivity contribution in [2.24, 2.45) is 5.73 Å². The van der Waals surface area contributed by atoms with Gasteiger partial charge in [0.25, 0.3) is 21.6 Å². The molecule has 0 saturated heterocycles. The molecule has 1 amide bonds. The third-order valence-corrected chi connectivity index (χ3v) is 4.14. The van der Waals surface area contributed by atoms with Gasteiger partial charge in [-0.25, -0.2) is 8.42 Å². The van der Waals surface area contributed by atoms with Crippen molar-refractivity contribution in [3.05, 3.63) is 64.2 Å². The Morgan fingerprint density at radius 3 is 2.45 bits per heavy atom. The number of hydrogen-bond acceptors (Lipinski definition) is 5. The Morgan fingerprint density at radius 2 is 1.82 bits per heavy atom. The molecule has 114 valence electrons. The van der Waals surface area contributed by atoms with E-state index in [4.69, 9.17) is 5.73 Å². The Bertz CT molecular complexity index is 848. The summed E-state index contributed by atoms with van der Waals surface area (Å²) in [6, 6.07) is 10.4. The second kappa shape index (κ2) is 5.82. The summed E-state index contributed by atoms with van der Waals surface area (Å²) in [4.78, 5) is 21.0. The normalized spacial score (nSPS) is 10.9. The van der Waals surface area contributed by atoms with Gasteiger partial charge in [-0.2, -0.15) is 0 Å². The Morgan fingerprint density at radius 1 is 1.14 bits per heavy atom. The summed E-state index contributed by atoms with van der Waals surface area (Å²) in [6.45, 7) is 0. The molecular weight excluding hydrogens is 310 g/mol. The van der Waals surface area contributed by atoms with Gasteiger partial charge in [0.1, 0.15) is 0 Å². The maximum atomic E-state index is 12.3. The van der Waals surface area contributed by atoms with Crippen molar-refractivity contribution in [3.8, 4) is 0 Å². The van der Waals surface area contributed by atoms with Crippen LogP contribution in [0.15, 0.2) is 53.4 Å². The third kappa shape index (κ3) is 3.20. The van der Waals surface area contributed by atoms with Crippen LogP contribution in [-0.4, -0.2) is 19.2 Å². The number of non-ortho nitro benzene ring substituents is 1. The number of benzene rings is 2. The molecule has 0 atom stereocenters. The summed E-state index contributed by atoms with van der Waals surface area (Å²) in [6.07, 6.45) is 0. The van der Waals surface area contributed by atoms with E-state index in [1.165, 1.54) is 42.5 Å². The molecule has 8 nitrogen and oxygen atoms in total. The van der Waals surface area contributed by atoms with E-state index < -0.39 is 20.9 Å². The third-order valence-electron chi connectivity index (χ3n) is 2.78. The van der Waals surface area contributed by atoms with Crippen molar-refractivity contribution in [2.45, 2.75) is 4.90 Å². The van der Waals surface area contributed by atoms with Crippen LogP contribution in [0, 0.1) is 10.1 Å². The predicted octanol–water partition coefficient (Wildman–Crippen LogP) is 1.49. The number of nitrogens with one attached hydrogen (secondary N) is 1. The molecule has 2 aromatic rings. The number of nitrogens with two attached hydrogens (primary N) is 1. The first-order valence-electron chi connectivity index (χ1n) is 5.97. The van der Waals surface area contributed by atoms with Crippen LogP contribution in [0.4, 0.5) is 11.4 Å². The van der Waals surface area contributed by atoms with Crippen LogP contribution in [0.3, 0.4) is 0 Å². The van der Waals surface area contributed by atoms with Crippen molar-refractivity contribution >= 4 is 27.3 Å². The van der Waals surface area contributed by atoms with Crippen LogP contribution >= 0.6 is 0 Å². The molecule has 2 rings (SSSR count). The van der Waals surface area contributed by atoms with Crippen molar-refractivity contribution < 1.29 is 18.1 Å². The molecule has 0 spiro atoms. The summed E-state index contributed by atoms with van der Waals surface area (Å²) in [5, 5.41) is 10.7. The number of para-hydroxylation sites is 1. The molecule has 0 bridgehead atoms. The number of carbonyl (C=O) groups excluding carboxylic acids is 1. The van der Waals surface area contributed by atoms with Crippen molar-refractivity contribution in [3.63, 3.8) is 0 Å². The minimum absolute atomic E-state index is 0.00139. The average Bonchev–Trinajstić information content (AvgIpc) is 2.47. The molecule has 0 aliphatic rings. The van der Waals surface area contributed by atoms with Crippen LogP contribution in [0.5, 0.6) is 0 Å². The first-order chi connectivity index (χ1) is 10.3. The summed E-state index contributed by atoms with van der Waals surface area (Å²) in [5.41, 5.74) is 4.82. The number of amides is 1. The number of hydrogen-bond donors (Lipinski definition) is 2. The minimum atomic E-state index is -4.09. The Balaban J connectivity index is 2.43. The fourth-order valence-corrected chi connectivity index (χ4v) is 2.87. The maximum absolute atomic E-state index is 12.3. The number of carbonyl (C=O) groups is 1. The minimum Gasteiger partial charge on any atom is -0.366 e. The number of nitrogens with zero attached hydrogens (tertiary/aromatic N) is 1. The number of rotatable bonds is 5. The Kier molecular flexibility index (Phi) is 4.08. The first kappa shape index (κ1) is 15.4. The molecule has 22 heavy (non-hydrogen) atoms. The van der Waals surface area contributed by atoms with Gasteiger partial charge in [0.05, 0.1) is 21.1 Å². The SMILES string of the molecule is NC(=O)c1ccccc1NS(=O)(=O)c1cccc([N+](=O)[O-])c1. The van der Waals surface area contributed by atoms with Crippen LogP contribution in [0.1, 0.15) is 10.4 Å². The van der Waals surface area contributed by atoms with Crippen molar-refractivity contribution in [2.75, 3.05) is 4.72 Å². The summed E-state index contributed by atoms with van der Waals surface area (Å²) in [5.74, 6) is -0.794. The zero-order valence-electron chi connectivity index (χ0n) is 11.1. The highest BCUT2D eigenvalue weighted by Crippen LogP contribution is 2.22. The monoisotopic (exact) mass is 321 g/mol. The molecule has 0 aromatic heterocycles. The summed E-state index contributed by atoms with van der Waals surface area (Å²) >= 11 is 0. The molecule has 0 unspecified atom stereocenters. The topological polar surface area (TPSA) is 132 Å². The Labute approximate surface area is 125 Å². The van der Waals surface area contributed by atoms with Crippen LogP contribution < -0.4 is 10.5 Å². The van der Waals surface area contributed by atoms with Gasteiger partial charge in [0.2, 0.25) is 0 Å². The van der Waals surface area contributed by atoms with Gasteiger partial charge >= 0.3 is 0 Å². The first-order valence-corrected chi connectivity index (χ1v) is 7.46. The lowest BCUT2D eigenvalue weighted by molar-refractivity contribution is -0.385. The molecule has 3 N–H and O–H groups in total. The number of sulfonamides is 1. The molecule has 0 aliphatic carbocycles. The molecule has 0 radical (unpaired) electrons. The lowest BCUT2D eigenvalue weighted by Crippen LogP contribution is -2.18. The second-order valence-corrected chi connectivity index (χ2v) is 5.95. The largest absolute Gasteiger partial charge is 0.366 e. The number of primary amides is 1. The fourth-order valence-electron chi connectivity index (χ4n) is 1.75. The van der Waals surface area contributed by atoms with Gasteiger partial charge in [-0.15, -0.1) is 0 Å². The van der Waals surface area contributed by atoms with E-state index in [-0.39, 0.29) is 21.8 Å². The zero-order chi connectivity index (χ0) is 16.3. The fraction of sp³-hybridized carbons (Fsp3) is 0. The number of nitro groups is 1. The van der Waals surface area contributed by atoms with E-state index in [9.17, 15) is 23.3 Å².